The number of carboxylic acids is 1. The third-order valence-corrected chi connectivity index (χ3v) is 20.0. The summed E-state index contributed by atoms with van der Waals surface area (Å²) >= 11 is 6.65. The van der Waals surface area contributed by atoms with E-state index in [0.29, 0.717) is 26.7 Å². The molecule has 119 heavy (non-hydrogen) atoms. The molecule has 4 heterocycles. The SMILES string of the molecule is CC(C=Cc1ccc(Br)cc1)=CC(O)C1CC(=O)NC(CO)C(=O)NC2CN3C=C(CC(NC(=O)CC(O)CC(C(=O)[O-])NC(=O)CCNC(=O)C(Cc4ccc(Br)cc4)NC(=O)C(C(O)C(N)=O)NC(=O)C(CC(N)=O)NC2=O)C(=O)NC(C(C)O)C(=O)NC(CO)C(=O)NC(Cc2ccccc2)C(=O)N1)[NH+](OC1COC(O)C(O)C1O)C3. The lowest BCUT2D eigenvalue weighted by Gasteiger charge is -2.35. The van der Waals surface area contributed by atoms with Crippen LogP contribution in [0.1, 0.15) is 69.1 Å². The molecule has 648 valence electrons. The van der Waals surface area contributed by atoms with Gasteiger partial charge in [-0.1, -0.05) is 110 Å². The van der Waals surface area contributed by atoms with Crippen LogP contribution in [0.5, 0.6) is 0 Å². The second kappa shape index (κ2) is 45.4. The number of fused-ring (bicyclic) bond motifs is 2. The molecule has 43 nitrogen and oxygen atoms in total. The number of halogens is 2. The van der Waals surface area contributed by atoms with E-state index in [1.165, 1.54) is 30.3 Å². The van der Waals surface area contributed by atoms with Crippen LogP contribution in [0.3, 0.4) is 0 Å². The maximum absolute atomic E-state index is 15.3. The molecular formula is C74H96Br2N16O27. The van der Waals surface area contributed by atoms with Crippen LogP contribution in [0.15, 0.2) is 117 Å². The van der Waals surface area contributed by atoms with Crippen LogP contribution in [-0.4, -0.2) is 295 Å². The number of aliphatic hydroxyl groups is 9. The topological polar surface area (TPSA) is 684 Å². The Morgan fingerprint density at radius 1 is 0.613 bits per heavy atom. The first-order valence-corrected chi connectivity index (χ1v) is 38.7. The number of ether oxygens (including phenoxy) is 1. The molecule has 26 N–H and O–H groups in total. The molecule has 4 aliphatic rings. The van der Waals surface area contributed by atoms with Crippen LogP contribution >= 0.6 is 31.9 Å². The second-order valence-electron chi connectivity index (χ2n) is 28.4. The van der Waals surface area contributed by atoms with Gasteiger partial charge in [0.1, 0.15) is 66.6 Å². The van der Waals surface area contributed by atoms with Crippen molar-refractivity contribution in [3.63, 3.8) is 0 Å². The van der Waals surface area contributed by atoms with Gasteiger partial charge in [0.25, 0.3) is 0 Å². The van der Waals surface area contributed by atoms with Crippen molar-refractivity contribution in [3.05, 3.63) is 134 Å². The first-order chi connectivity index (χ1) is 56.3. The summed E-state index contributed by atoms with van der Waals surface area (Å²) in [4.78, 5) is 221. The standard InChI is InChI=1S/C74H96Br2N16O27/c1-34(8-9-36-10-14-39(75)15-11-36)20-52(97)43-27-57(101)82-50(30-93)69(111)87-49-29-91-28-41(92(33-91)119-53-32-118-74(117)62(104)60(53)102)23-46(66(108)89-58(35(2)95)71(113)88-51(31-94)70(112)84-45(65(107)83-43)21-37-6-4-3-5-7-37)80-56(100)25-42(96)24-48(73(115)116)81-55(99)18-19-79-64(106)44(22-38-12-16-40(76)17-13-38)86-72(114)59(61(103)63(78)105)90-67(109)47(26-54(77)98)85-68(49)110/h3-17,20,28,35,42-53,58-62,74,93-97,102-104,117H,18-19,21-27,29-33H2,1-2H3,(H2,77,98)(H2,78,105)(H,79,106)(H,80,100)(H,81,99)(H,82,101)(H,83,107)(H,84,112)(H,85,110)(H,86,114)(H,87,111)(H,88,113)(H,89,108)(H,90,109)(H,115,116). The van der Waals surface area contributed by atoms with Crippen molar-refractivity contribution in [2.75, 3.05) is 39.6 Å². The van der Waals surface area contributed by atoms with Gasteiger partial charge in [-0.2, -0.15) is 4.84 Å². The summed E-state index contributed by atoms with van der Waals surface area (Å²) < 4.78 is 6.53. The Morgan fingerprint density at radius 3 is 1.78 bits per heavy atom. The summed E-state index contributed by atoms with van der Waals surface area (Å²) in [5.74, 6) is -21.4. The van der Waals surface area contributed by atoms with Crippen LogP contribution in [0.2, 0.25) is 0 Å². The zero-order chi connectivity index (χ0) is 87.6. The highest BCUT2D eigenvalue weighted by atomic mass is 79.9. The van der Waals surface area contributed by atoms with Crippen molar-refractivity contribution in [2.45, 2.75) is 181 Å². The highest BCUT2D eigenvalue weighted by Crippen LogP contribution is 2.21. The molecule has 1 fully saturated rings. The Labute approximate surface area is 695 Å². The minimum Gasteiger partial charge on any atom is -0.548 e. The normalized spacial score (nSPS) is 28.8. The van der Waals surface area contributed by atoms with Crippen molar-refractivity contribution >= 4 is 127 Å². The van der Waals surface area contributed by atoms with Crippen molar-refractivity contribution in [2.24, 2.45) is 11.5 Å². The molecule has 0 saturated carbocycles. The number of nitrogens with zero attached hydrogens (tertiary/aromatic N) is 1. The van der Waals surface area contributed by atoms with E-state index in [2.05, 4.69) is 90.3 Å². The smallest absolute Gasteiger partial charge is 0.248 e. The highest BCUT2D eigenvalue weighted by Gasteiger charge is 2.46. The fourth-order valence-electron chi connectivity index (χ4n) is 12.5. The molecule has 1 saturated heterocycles. The summed E-state index contributed by atoms with van der Waals surface area (Å²) in [5, 5.41) is 140. The zero-order valence-corrected chi connectivity index (χ0v) is 67.1. The number of aliphatic hydroxyl groups excluding tert-OH is 9. The zero-order valence-electron chi connectivity index (χ0n) is 63.9. The predicted octanol–water partition coefficient (Wildman–Crippen LogP) is -12.0. The van der Waals surface area contributed by atoms with Gasteiger partial charge in [-0.25, -0.2) is 0 Å². The van der Waals surface area contributed by atoms with Gasteiger partial charge in [-0.05, 0) is 61.2 Å². The number of hydroxylamine groups is 2. The molecule has 0 radical (unpaired) electrons. The van der Waals surface area contributed by atoms with E-state index < -0.39 is 300 Å². The van der Waals surface area contributed by atoms with E-state index in [4.69, 9.17) is 21.0 Å². The maximum atomic E-state index is 15.3. The van der Waals surface area contributed by atoms with Crippen LogP contribution in [0.4, 0.5) is 0 Å². The number of carbonyl (C=O) groups is 15. The molecular weight excluding hydrogens is 1700 g/mol. The number of allylic oxidation sites excluding steroid dienone is 2. The second-order valence-corrected chi connectivity index (χ2v) is 30.2. The first kappa shape index (κ1) is 95.4. The van der Waals surface area contributed by atoms with Gasteiger partial charge < -0.3 is 141 Å². The Kier molecular flexibility index (Phi) is 36.4. The molecule has 20 atom stereocenters. The lowest BCUT2D eigenvalue weighted by atomic mass is 10.0. The van der Waals surface area contributed by atoms with Gasteiger partial charge in [0, 0.05) is 41.2 Å². The van der Waals surface area contributed by atoms with E-state index in [1.807, 2.05) is 5.32 Å². The van der Waals surface area contributed by atoms with Crippen LogP contribution in [0, 0.1) is 0 Å². The molecule has 20 unspecified atom stereocenters. The van der Waals surface area contributed by atoms with E-state index in [0.717, 1.165) is 22.5 Å². The monoisotopic (exact) mass is 1800 g/mol. The molecule has 0 aliphatic carbocycles. The molecule has 0 aromatic heterocycles. The summed E-state index contributed by atoms with van der Waals surface area (Å²) in [6.45, 7) is -3.15. The first-order valence-electron chi connectivity index (χ1n) is 37.1. The maximum Gasteiger partial charge on any atom is 0.248 e. The average molecular weight is 1800 g/mol. The Balaban J connectivity index is 1.41. The van der Waals surface area contributed by atoms with Crippen molar-refractivity contribution in [1.82, 2.24) is 68.7 Å². The molecule has 4 bridgehead atoms. The van der Waals surface area contributed by atoms with E-state index in [9.17, 15) is 113 Å². The van der Waals surface area contributed by atoms with Crippen LogP contribution in [-0.2, 0) is 94.3 Å². The van der Waals surface area contributed by atoms with Gasteiger partial charge in [-0.3, -0.25) is 67.1 Å². The number of aliphatic carboxylic acids is 1. The number of amides is 14. The van der Waals surface area contributed by atoms with E-state index in [-0.39, 0.29) is 5.70 Å². The number of carboxylic acid groups (broad SMARTS) is 1. The predicted molar refractivity (Wildman–Crippen MR) is 414 cm³/mol. The number of carbonyl (C=O) groups excluding carboxylic acids is 15. The number of hydrogen-bond donors (Lipinski definition) is 24. The molecule has 14 amide bonds. The quantitative estimate of drug-likeness (QED) is 0.0526. The Hall–Kier alpha value is -10.8. The summed E-state index contributed by atoms with van der Waals surface area (Å²) in [7, 11) is 0. The molecule has 3 aromatic rings. The minimum atomic E-state index is -2.72. The minimum absolute atomic E-state index is 0.299. The van der Waals surface area contributed by atoms with Gasteiger partial charge >= 0.3 is 0 Å². The Morgan fingerprint density at radius 2 is 1.16 bits per heavy atom. The average Bonchev–Trinajstić information content (AvgIpc) is 1.74. The Bertz CT molecular complexity index is 4250. The number of hydrogen-bond acceptors (Lipinski definition) is 28. The van der Waals surface area contributed by atoms with Crippen LogP contribution in [0.25, 0.3) is 6.08 Å². The number of nitrogens with two attached hydrogens (primary N) is 2. The molecule has 3 aromatic carbocycles. The molecule has 7 rings (SSSR count). The fraction of sp³-hybridized carbons (Fsp3) is 0.473. The van der Waals surface area contributed by atoms with Crippen LogP contribution < -0.4 is 85.4 Å². The number of quaternary nitrogens is 1. The number of nitrogens with one attached hydrogen (secondary N) is 13. The third-order valence-electron chi connectivity index (χ3n) is 18.9. The van der Waals surface area contributed by atoms with Crippen molar-refractivity contribution in [1.29, 1.82) is 0 Å². The summed E-state index contributed by atoms with van der Waals surface area (Å²) in [6.07, 6.45) is -17.8. The number of rotatable bonds is 18. The summed E-state index contributed by atoms with van der Waals surface area (Å²) in [5.41, 5.74) is 12.5. The molecule has 4 aliphatic heterocycles. The van der Waals surface area contributed by atoms with Gasteiger partial charge in [0.2, 0.25) is 82.7 Å². The molecule has 0 spiro atoms. The number of primary amides is 2. The van der Waals surface area contributed by atoms with Gasteiger partial charge in [0.05, 0.1) is 88.2 Å². The summed E-state index contributed by atoms with van der Waals surface area (Å²) in [6, 6.07) is -2.23. The van der Waals surface area contributed by atoms with Gasteiger partial charge in [-0.15, -0.1) is 5.06 Å². The lowest BCUT2D eigenvalue weighted by molar-refractivity contribution is -1.07. The van der Waals surface area contributed by atoms with Crippen molar-refractivity contribution in [3.8, 4) is 0 Å². The largest absolute Gasteiger partial charge is 0.548 e. The molecule has 45 heteroatoms. The highest BCUT2D eigenvalue weighted by molar-refractivity contribution is 9.10. The number of benzene rings is 3. The lowest BCUT2D eigenvalue weighted by Crippen LogP contribution is -3.10. The van der Waals surface area contributed by atoms with E-state index in [1.54, 1.807) is 73.7 Å². The van der Waals surface area contributed by atoms with Crippen molar-refractivity contribution < 1.29 is 138 Å². The third kappa shape index (κ3) is 29.3. The van der Waals surface area contributed by atoms with Gasteiger partial charge in [0.15, 0.2) is 30.9 Å². The fourth-order valence-corrected chi connectivity index (χ4v) is 13.1. The van der Waals surface area contributed by atoms with E-state index >= 15 is 9.59 Å².